The lowest BCUT2D eigenvalue weighted by atomic mass is 9.69. The van der Waals surface area contributed by atoms with Crippen LogP contribution in [0, 0.1) is 0 Å². The van der Waals surface area contributed by atoms with Gasteiger partial charge in [-0.3, -0.25) is 9.80 Å². The van der Waals surface area contributed by atoms with E-state index in [1.54, 1.807) is 47.4 Å². The lowest BCUT2D eigenvalue weighted by Crippen LogP contribution is -2.62. The molecule has 3 aromatic heterocycles. The smallest absolute Gasteiger partial charge is 0.434 e. The van der Waals surface area contributed by atoms with Gasteiger partial charge < -0.3 is 9.30 Å². The maximum Gasteiger partial charge on any atom is 0.434 e. The summed E-state index contributed by atoms with van der Waals surface area (Å²) < 4.78 is 46.6. The van der Waals surface area contributed by atoms with Crippen molar-refractivity contribution < 1.29 is 22.7 Å². The molecule has 1 spiro atoms. The van der Waals surface area contributed by atoms with Crippen LogP contribution in [-0.4, -0.2) is 42.6 Å². The highest BCUT2D eigenvalue weighted by Gasteiger charge is 2.56. The second-order valence-electron chi connectivity index (χ2n) is 11.0. The van der Waals surface area contributed by atoms with E-state index >= 15 is 0 Å². The fraction of sp³-hybridized carbons (Fsp3) is 0.379. The number of benzene rings is 1. The van der Waals surface area contributed by atoms with Crippen LogP contribution in [0.25, 0.3) is 11.4 Å². The first-order valence-corrected chi connectivity index (χ1v) is 13.7. The van der Waals surface area contributed by atoms with Crippen LogP contribution in [-0.2, 0) is 25.3 Å². The van der Waals surface area contributed by atoms with Crippen LogP contribution >= 0.6 is 0 Å². The third kappa shape index (κ3) is 4.09. The first-order chi connectivity index (χ1) is 20.2. The Hall–Kier alpha value is -4.55. The molecule has 42 heavy (non-hydrogen) atoms. The Bertz CT molecular complexity index is 1680. The number of rotatable bonds is 6. The minimum atomic E-state index is -4.53. The molecule has 0 radical (unpaired) electrons. The summed E-state index contributed by atoms with van der Waals surface area (Å²) in [5, 5.41) is 0. The Balaban J connectivity index is 1.28. The molecule has 4 aromatic rings. The molecule has 0 saturated heterocycles. The molecule has 0 atom stereocenters. The van der Waals surface area contributed by atoms with E-state index in [1.165, 1.54) is 24.3 Å². The maximum atomic E-state index is 14.6. The molecular weight excluding hydrogens is 549 g/mol. The van der Waals surface area contributed by atoms with Crippen molar-refractivity contribution in [1.29, 1.82) is 0 Å². The summed E-state index contributed by atoms with van der Waals surface area (Å²) in [4.78, 5) is 39.6. The molecule has 0 N–H and O–H groups in total. The molecule has 2 saturated carbocycles. The number of anilines is 2. The van der Waals surface area contributed by atoms with Crippen LogP contribution < -0.4 is 14.5 Å². The summed E-state index contributed by atoms with van der Waals surface area (Å²) in [6.45, 7) is 0.179. The lowest BCUT2D eigenvalue weighted by molar-refractivity contribution is -0.140. The fourth-order valence-electron chi connectivity index (χ4n) is 6.04. The number of aromatic nitrogens is 6. The van der Waals surface area contributed by atoms with Gasteiger partial charge in [0.25, 0.3) is 0 Å². The van der Waals surface area contributed by atoms with E-state index < -0.39 is 17.4 Å². The van der Waals surface area contributed by atoms with Crippen molar-refractivity contribution in [3.8, 4) is 17.3 Å². The fourth-order valence-corrected chi connectivity index (χ4v) is 6.04. The van der Waals surface area contributed by atoms with E-state index in [0.29, 0.717) is 22.9 Å². The highest BCUT2D eigenvalue weighted by atomic mass is 19.4. The van der Waals surface area contributed by atoms with Crippen LogP contribution in [0.5, 0.6) is 5.88 Å². The first-order valence-electron chi connectivity index (χ1n) is 13.7. The average Bonchev–Trinajstić information content (AvgIpc) is 3.73. The predicted octanol–water partition coefficient (Wildman–Crippen LogP) is 5.60. The average molecular weight is 577 g/mol. The van der Waals surface area contributed by atoms with Crippen LogP contribution in [0.15, 0.2) is 49.3 Å². The van der Waals surface area contributed by atoms with Crippen molar-refractivity contribution in [3.05, 3.63) is 71.8 Å². The summed E-state index contributed by atoms with van der Waals surface area (Å²) >= 11 is 0. The quantitative estimate of drug-likeness (QED) is 0.295. The number of urea groups is 1. The Morgan fingerprint density at radius 3 is 2.45 bits per heavy atom. The Morgan fingerprint density at radius 1 is 1.07 bits per heavy atom. The van der Waals surface area contributed by atoms with E-state index in [0.717, 1.165) is 55.1 Å². The van der Waals surface area contributed by atoms with Crippen molar-refractivity contribution in [2.45, 2.75) is 56.3 Å². The predicted molar refractivity (Wildman–Crippen MR) is 146 cm³/mol. The van der Waals surface area contributed by atoms with Crippen molar-refractivity contribution >= 4 is 17.5 Å². The van der Waals surface area contributed by atoms with Crippen molar-refractivity contribution in [3.63, 3.8) is 0 Å². The van der Waals surface area contributed by atoms with E-state index in [-0.39, 0.29) is 24.3 Å². The number of halogens is 3. The van der Waals surface area contributed by atoms with Gasteiger partial charge in [-0.2, -0.15) is 18.2 Å². The van der Waals surface area contributed by atoms with Crippen molar-refractivity contribution in [2.24, 2.45) is 7.05 Å². The third-order valence-electron chi connectivity index (χ3n) is 8.40. The number of aryl methyl sites for hydroxylation is 1. The van der Waals surface area contributed by atoms with Gasteiger partial charge in [-0.1, -0.05) is 24.3 Å². The van der Waals surface area contributed by atoms with E-state index in [4.69, 9.17) is 4.74 Å². The minimum absolute atomic E-state index is 0.179. The van der Waals surface area contributed by atoms with Crippen molar-refractivity contribution in [2.75, 3.05) is 16.9 Å². The van der Waals surface area contributed by atoms with Crippen molar-refractivity contribution in [1.82, 2.24) is 29.5 Å². The summed E-state index contributed by atoms with van der Waals surface area (Å²) in [5.41, 5.74) is 1.97. The van der Waals surface area contributed by atoms with Crippen LogP contribution in [0.3, 0.4) is 0 Å². The topological polar surface area (TPSA) is 102 Å². The second kappa shape index (κ2) is 9.50. The summed E-state index contributed by atoms with van der Waals surface area (Å²) in [6, 6.07) is 6.71. The largest absolute Gasteiger partial charge is 0.479 e. The van der Waals surface area contributed by atoms with E-state index in [2.05, 4.69) is 24.9 Å². The molecular formula is C29H27F3N8O2. The van der Waals surface area contributed by atoms with Gasteiger partial charge in [0.05, 0.1) is 24.9 Å². The molecule has 1 aromatic carbocycles. The number of imidazole rings is 1. The monoisotopic (exact) mass is 576 g/mol. The van der Waals surface area contributed by atoms with E-state index in [1.807, 2.05) is 0 Å². The SMILES string of the molecule is COc1ncnc(C2CC2)c1N1C(=O)N(Cc2ccc(-c3nc(C(F)(F)F)cn3C)cc2)c2ncncc2C12CCC2. The third-order valence-corrected chi connectivity index (χ3v) is 8.40. The van der Waals surface area contributed by atoms with Crippen LogP contribution in [0.4, 0.5) is 29.5 Å². The van der Waals surface area contributed by atoms with Gasteiger partial charge in [-0.25, -0.2) is 24.7 Å². The Kier molecular flexibility index (Phi) is 5.96. The summed E-state index contributed by atoms with van der Waals surface area (Å²) in [7, 11) is 3.07. The van der Waals surface area contributed by atoms with Gasteiger partial charge in [0.15, 0.2) is 5.69 Å². The first kappa shape index (κ1) is 26.4. The zero-order valence-electron chi connectivity index (χ0n) is 23.0. The molecule has 7 rings (SSSR count). The molecule has 0 unspecified atom stereocenters. The Labute approximate surface area is 239 Å². The minimum Gasteiger partial charge on any atom is -0.479 e. The summed E-state index contributed by atoms with van der Waals surface area (Å²) in [5.74, 6) is 1.32. The second-order valence-corrected chi connectivity index (χ2v) is 11.0. The molecule has 2 fully saturated rings. The molecule has 13 heteroatoms. The molecule has 2 amide bonds. The van der Waals surface area contributed by atoms with Gasteiger partial charge in [0.2, 0.25) is 5.88 Å². The number of ether oxygens (including phenoxy) is 1. The molecule has 2 aliphatic carbocycles. The van der Waals surface area contributed by atoms with E-state index in [9.17, 15) is 18.0 Å². The molecule has 0 bridgehead atoms. The molecule has 10 nitrogen and oxygen atoms in total. The van der Waals surface area contributed by atoms with Gasteiger partial charge in [0, 0.05) is 36.5 Å². The molecule has 4 heterocycles. The zero-order chi connectivity index (χ0) is 29.2. The maximum absolute atomic E-state index is 14.6. The Morgan fingerprint density at radius 2 is 1.83 bits per heavy atom. The van der Waals surface area contributed by atoms with Crippen LogP contribution in [0.2, 0.25) is 0 Å². The molecule has 216 valence electrons. The number of hydrogen-bond acceptors (Lipinski definition) is 7. The number of alkyl halides is 3. The van der Waals surface area contributed by atoms with Gasteiger partial charge in [0.1, 0.15) is 30.0 Å². The molecule has 3 aliphatic rings. The summed E-state index contributed by atoms with van der Waals surface area (Å²) in [6.07, 6.45) is 5.53. The highest BCUT2D eigenvalue weighted by Crippen LogP contribution is 2.57. The van der Waals surface area contributed by atoms with Gasteiger partial charge >= 0.3 is 12.2 Å². The number of fused-ring (bicyclic) bond motifs is 2. The van der Waals surface area contributed by atoms with Gasteiger partial charge in [-0.05, 0) is 37.7 Å². The normalized spacial score (nSPS) is 17.8. The number of hydrogen-bond donors (Lipinski definition) is 0. The number of carbonyl (C=O) groups excluding carboxylic acids is 1. The molecule has 1 aliphatic heterocycles. The van der Waals surface area contributed by atoms with Gasteiger partial charge in [-0.15, -0.1) is 0 Å². The number of carbonyl (C=O) groups is 1. The highest BCUT2D eigenvalue weighted by molar-refractivity contribution is 6.08. The standard InChI is InChI=1S/C29H27F3N8O2/c1-38-14-21(29(30,31)32)37-24(38)19-6-4-17(5-7-19)13-39-25-20(12-33-15-35-25)28(10-3-11-28)40(27(39)41)23-22(18-8-9-18)34-16-36-26(23)42-2/h4-7,12,14-16,18H,3,8-11,13H2,1-2H3. The lowest BCUT2D eigenvalue weighted by Gasteiger charge is -2.55. The number of methoxy groups -OCH3 is 1. The zero-order valence-corrected chi connectivity index (χ0v) is 23.0. The number of nitrogens with zero attached hydrogens (tertiary/aromatic N) is 8. The number of amides is 2. The van der Waals surface area contributed by atoms with Crippen LogP contribution in [0.1, 0.15) is 60.5 Å².